The average Bonchev–Trinajstić information content (AvgIpc) is 2.91. The summed E-state index contributed by atoms with van der Waals surface area (Å²) >= 11 is 6.02. The highest BCUT2D eigenvalue weighted by Crippen LogP contribution is 2.40. The number of aromatic nitrogens is 2. The van der Waals surface area contributed by atoms with Crippen molar-refractivity contribution in [1.29, 1.82) is 0 Å². The standard InChI is InChI=1S/C29H29ClN4O2/c1-19-25-17-21(24-3-2-4-27-28(24)36-16-15-35-27)7-10-26(25)33-29(31-19)32-23-11-13-34(14-12-23)18-20-5-8-22(30)9-6-20/h2-10,17,23H,11-16,18H2,1H3,(H,31,32,33). The molecule has 2 aliphatic rings. The van der Waals surface area contributed by atoms with E-state index < -0.39 is 0 Å². The van der Waals surface area contributed by atoms with Gasteiger partial charge < -0.3 is 14.8 Å². The van der Waals surface area contributed by atoms with E-state index in [0.717, 1.165) is 76.7 Å². The molecule has 1 aromatic heterocycles. The molecule has 0 amide bonds. The van der Waals surface area contributed by atoms with Gasteiger partial charge in [0.2, 0.25) is 5.95 Å². The minimum absolute atomic E-state index is 0.371. The van der Waals surface area contributed by atoms with Crippen molar-refractivity contribution in [3.05, 3.63) is 76.9 Å². The van der Waals surface area contributed by atoms with Gasteiger partial charge in [0.1, 0.15) is 13.2 Å². The zero-order valence-corrected chi connectivity index (χ0v) is 21.1. The summed E-state index contributed by atoms with van der Waals surface area (Å²) in [6.07, 6.45) is 2.13. The van der Waals surface area contributed by atoms with Crippen LogP contribution in [0.15, 0.2) is 60.7 Å². The molecular weight excluding hydrogens is 472 g/mol. The average molecular weight is 501 g/mol. The van der Waals surface area contributed by atoms with Gasteiger partial charge >= 0.3 is 0 Å². The number of piperidine rings is 1. The van der Waals surface area contributed by atoms with Crippen LogP contribution in [0.5, 0.6) is 11.5 Å². The van der Waals surface area contributed by atoms with Gasteiger partial charge in [-0.15, -0.1) is 0 Å². The van der Waals surface area contributed by atoms with Crippen molar-refractivity contribution in [2.24, 2.45) is 0 Å². The largest absolute Gasteiger partial charge is 0.486 e. The number of nitrogens with zero attached hydrogens (tertiary/aromatic N) is 3. The van der Waals surface area contributed by atoms with Crippen LogP contribution in [-0.2, 0) is 6.54 Å². The molecule has 0 bridgehead atoms. The zero-order valence-electron chi connectivity index (χ0n) is 20.3. The van der Waals surface area contributed by atoms with Gasteiger partial charge in [-0.1, -0.05) is 41.9 Å². The van der Waals surface area contributed by atoms with Crippen molar-refractivity contribution < 1.29 is 9.47 Å². The number of anilines is 1. The van der Waals surface area contributed by atoms with E-state index in [-0.39, 0.29) is 0 Å². The molecular formula is C29H29ClN4O2. The molecule has 0 aliphatic carbocycles. The number of para-hydroxylation sites is 1. The van der Waals surface area contributed by atoms with E-state index >= 15 is 0 Å². The first-order chi connectivity index (χ1) is 17.6. The number of nitrogens with one attached hydrogen (secondary N) is 1. The zero-order chi connectivity index (χ0) is 24.5. The fourth-order valence-electron chi connectivity index (χ4n) is 5.08. The van der Waals surface area contributed by atoms with Crippen LogP contribution in [0, 0.1) is 6.92 Å². The Balaban J connectivity index is 1.15. The molecule has 184 valence electrons. The molecule has 1 fully saturated rings. The van der Waals surface area contributed by atoms with Crippen LogP contribution in [0.1, 0.15) is 24.1 Å². The summed E-state index contributed by atoms with van der Waals surface area (Å²) in [4.78, 5) is 12.1. The van der Waals surface area contributed by atoms with Crippen molar-refractivity contribution in [2.75, 3.05) is 31.6 Å². The van der Waals surface area contributed by atoms with Gasteiger partial charge in [-0.3, -0.25) is 4.90 Å². The molecule has 36 heavy (non-hydrogen) atoms. The molecule has 0 saturated carbocycles. The van der Waals surface area contributed by atoms with Crippen LogP contribution < -0.4 is 14.8 Å². The Kier molecular flexibility index (Phi) is 6.38. The summed E-state index contributed by atoms with van der Waals surface area (Å²) < 4.78 is 11.7. The third kappa shape index (κ3) is 4.84. The minimum Gasteiger partial charge on any atom is -0.486 e. The molecule has 0 radical (unpaired) electrons. The first kappa shape index (κ1) is 23.1. The minimum atomic E-state index is 0.371. The lowest BCUT2D eigenvalue weighted by atomic mass is 10.0. The highest BCUT2D eigenvalue weighted by Gasteiger charge is 2.21. The van der Waals surface area contributed by atoms with E-state index in [1.807, 2.05) is 31.2 Å². The normalized spacial score (nSPS) is 16.3. The molecule has 0 spiro atoms. The number of benzene rings is 3. The van der Waals surface area contributed by atoms with E-state index in [0.29, 0.717) is 25.2 Å². The van der Waals surface area contributed by atoms with Crippen molar-refractivity contribution in [2.45, 2.75) is 32.4 Å². The second-order valence-corrected chi connectivity index (χ2v) is 9.95. The van der Waals surface area contributed by atoms with E-state index in [4.69, 9.17) is 31.0 Å². The van der Waals surface area contributed by atoms with Crippen molar-refractivity contribution >= 4 is 28.5 Å². The summed E-state index contributed by atoms with van der Waals surface area (Å²) in [6, 6.07) is 20.9. The Morgan fingerprint density at radius 3 is 2.61 bits per heavy atom. The van der Waals surface area contributed by atoms with E-state index in [1.54, 1.807) is 0 Å². The van der Waals surface area contributed by atoms with E-state index in [2.05, 4.69) is 46.6 Å². The van der Waals surface area contributed by atoms with Crippen LogP contribution in [0.2, 0.25) is 5.02 Å². The molecule has 2 aliphatic heterocycles. The number of fused-ring (bicyclic) bond motifs is 2. The quantitative estimate of drug-likeness (QED) is 0.357. The molecule has 3 heterocycles. The maximum absolute atomic E-state index is 6.02. The molecule has 1 N–H and O–H groups in total. The molecule has 0 unspecified atom stereocenters. The van der Waals surface area contributed by atoms with Crippen molar-refractivity contribution in [3.8, 4) is 22.6 Å². The number of aryl methyl sites for hydroxylation is 1. The first-order valence-corrected chi connectivity index (χ1v) is 12.9. The number of hydrogen-bond donors (Lipinski definition) is 1. The first-order valence-electron chi connectivity index (χ1n) is 12.5. The Labute approximate surface area is 216 Å². The summed E-state index contributed by atoms with van der Waals surface area (Å²) in [6.45, 7) is 6.24. The molecule has 0 atom stereocenters. The highest BCUT2D eigenvalue weighted by atomic mass is 35.5. The second-order valence-electron chi connectivity index (χ2n) is 9.52. The van der Waals surface area contributed by atoms with Gasteiger partial charge in [-0.05, 0) is 61.2 Å². The monoisotopic (exact) mass is 500 g/mol. The smallest absolute Gasteiger partial charge is 0.223 e. The summed E-state index contributed by atoms with van der Waals surface area (Å²) in [5.74, 6) is 2.31. The third-order valence-corrected chi connectivity index (χ3v) is 7.26. The lowest BCUT2D eigenvalue weighted by Gasteiger charge is -2.32. The molecule has 3 aromatic carbocycles. The lowest BCUT2D eigenvalue weighted by Crippen LogP contribution is -2.39. The summed E-state index contributed by atoms with van der Waals surface area (Å²) in [7, 11) is 0. The number of rotatable bonds is 5. The maximum atomic E-state index is 6.02. The second kappa shape index (κ2) is 9.96. The predicted octanol–water partition coefficient (Wildman–Crippen LogP) is 6.11. The van der Waals surface area contributed by atoms with Crippen LogP contribution in [0.4, 0.5) is 5.95 Å². The topological polar surface area (TPSA) is 59.5 Å². The predicted molar refractivity (Wildman–Crippen MR) is 144 cm³/mol. The molecule has 6 rings (SSSR count). The van der Waals surface area contributed by atoms with E-state index in [9.17, 15) is 0 Å². The Morgan fingerprint density at radius 1 is 0.972 bits per heavy atom. The third-order valence-electron chi connectivity index (χ3n) is 7.00. The number of likely N-dealkylation sites (tertiary alicyclic amines) is 1. The molecule has 4 aromatic rings. The Hall–Kier alpha value is -3.35. The van der Waals surface area contributed by atoms with Crippen LogP contribution >= 0.6 is 11.6 Å². The van der Waals surface area contributed by atoms with E-state index in [1.165, 1.54) is 5.56 Å². The Bertz CT molecular complexity index is 1380. The SMILES string of the molecule is Cc1nc(NC2CCN(Cc3ccc(Cl)cc3)CC2)nc2ccc(-c3cccc4c3OCCO4)cc12. The van der Waals surface area contributed by atoms with Gasteiger partial charge in [0, 0.05) is 41.6 Å². The number of halogens is 1. The van der Waals surface area contributed by atoms with Crippen LogP contribution in [0.25, 0.3) is 22.0 Å². The van der Waals surface area contributed by atoms with Gasteiger partial charge in [-0.2, -0.15) is 0 Å². The van der Waals surface area contributed by atoms with Crippen molar-refractivity contribution in [3.63, 3.8) is 0 Å². The van der Waals surface area contributed by atoms with Gasteiger partial charge in [0.15, 0.2) is 11.5 Å². The summed E-state index contributed by atoms with van der Waals surface area (Å²) in [5, 5.41) is 5.42. The maximum Gasteiger partial charge on any atom is 0.223 e. The molecule has 6 nitrogen and oxygen atoms in total. The van der Waals surface area contributed by atoms with Gasteiger partial charge in [0.25, 0.3) is 0 Å². The van der Waals surface area contributed by atoms with Gasteiger partial charge in [0.05, 0.1) is 11.2 Å². The molecule has 7 heteroatoms. The molecule has 1 saturated heterocycles. The van der Waals surface area contributed by atoms with Crippen molar-refractivity contribution in [1.82, 2.24) is 14.9 Å². The van der Waals surface area contributed by atoms with Crippen LogP contribution in [-0.4, -0.2) is 47.2 Å². The van der Waals surface area contributed by atoms with Gasteiger partial charge in [-0.25, -0.2) is 9.97 Å². The van der Waals surface area contributed by atoms with Crippen LogP contribution in [0.3, 0.4) is 0 Å². The number of ether oxygens (including phenoxy) is 2. The fraction of sp³-hybridized carbons (Fsp3) is 0.310. The summed E-state index contributed by atoms with van der Waals surface area (Å²) in [5.41, 5.74) is 5.31. The lowest BCUT2D eigenvalue weighted by molar-refractivity contribution is 0.172. The highest BCUT2D eigenvalue weighted by molar-refractivity contribution is 6.30. The number of hydrogen-bond acceptors (Lipinski definition) is 6. The Morgan fingerprint density at radius 2 is 1.78 bits per heavy atom. The fourth-order valence-corrected chi connectivity index (χ4v) is 5.21.